The van der Waals surface area contributed by atoms with E-state index < -0.39 is 4.92 Å². The SMILES string of the molecule is CCCSc1c(Br)cc(Br)cc1-c1cc(Br)c([N+](=O)[O-])c(Br)c1. The highest BCUT2D eigenvalue weighted by Crippen LogP contribution is 2.43. The average Bonchev–Trinajstić information content (AvgIpc) is 2.44. The molecule has 0 saturated carbocycles. The summed E-state index contributed by atoms with van der Waals surface area (Å²) in [5.74, 6) is 1.00. The lowest BCUT2D eigenvalue weighted by molar-refractivity contribution is -0.386. The third kappa shape index (κ3) is 4.60. The summed E-state index contributed by atoms with van der Waals surface area (Å²) in [6.45, 7) is 2.14. The van der Waals surface area contributed by atoms with E-state index in [1.165, 1.54) is 0 Å². The number of thioether (sulfide) groups is 1. The van der Waals surface area contributed by atoms with Gasteiger partial charge in [-0.2, -0.15) is 0 Å². The van der Waals surface area contributed by atoms with Gasteiger partial charge in [-0.25, -0.2) is 0 Å². The van der Waals surface area contributed by atoms with Crippen LogP contribution in [0.3, 0.4) is 0 Å². The highest BCUT2D eigenvalue weighted by Gasteiger charge is 2.20. The van der Waals surface area contributed by atoms with Gasteiger partial charge in [-0.05, 0) is 95.4 Å². The second-order valence-electron chi connectivity index (χ2n) is 4.66. The van der Waals surface area contributed by atoms with Crippen molar-refractivity contribution in [1.29, 1.82) is 0 Å². The van der Waals surface area contributed by atoms with Crippen molar-refractivity contribution in [2.45, 2.75) is 18.2 Å². The maximum Gasteiger partial charge on any atom is 0.297 e. The van der Waals surface area contributed by atoms with E-state index in [0.29, 0.717) is 8.95 Å². The molecular weight excluding hydrogens is 578 g/mol. The van der Waals surface area contributed by atoms with Crippen molar-refractivity contribution in [1.82, 2.24) is 0 Å². The Kier molecular flexibility index (Phi) is 7.16. The van der Waals surface area contributed by atoms with Gasteiger partial charge < -0.3 is 0 Å². The van der Waals surface area contributed by atoms with Crippen LogP contribution in [0.1, 0.15) is 13.3 Å². The summed E-state index contributed by atoms with van der Waals surface area (Å²) in [7, 11) is 0. The van der Waals surface area contributed by atoms with Gasteiger partial charge in [0.1, 0.15) is 0 Å². The standard InChI is InChI=1S/C15H11Br4NO2S/c1-2-3-23-15-10(6-9(16)7-13(15)19)8-4-11(17)14(20(21)22)12(18)5-8/h4-7H,2-3H2,1H3. The van der Waals surface area contributed by atoms with Crippen LogP contribution in [0.2, 0.25) is 0 Å². The molecule has 2 aromatic rings. The number of rotatable bonds is 5. The van der Waals surface area contributed by atoms with Crippen LogP contribution in [0.25, 0.3) is 11.1 Å². The Hall–Kier alpha value is 0.110. The van der Waals surface area contributed by atoms with E-state index in [4.69, 9.17) is 0 Å². The van der Waals surface area contributed by atoms with Crippen molar-refractivity contribution in [3.8, 4) is 11.1 Å². The summed E-state index contributed by atoms with van der Waals surface area (Å²) in [5, 5.41) is 11.1. The fraction of sp³-hybridized carbons (Fsp3) is 0.200. The average molecular weight is 589 g/mol. The predicted octanol–water partition coefficient (Wildman–Crippen LogP) is 7.81. The van der Waals surface area contributed by atoms with Gasteiger partial charge in [0.15, 0.2) is 0 Å². The lowest BCUT2D eigenvalue weighted by Gasteiger charge is -2.13. The van der Waals surface area contributed by atoms with Gasteiger partial charge in [0.25, 0.3) is 5.69 Å². The molecule has 0 saturated heterocycles. The van der Waals surface area contributed by atoms with Gasteiger partial charge in [0, 0.05) is 13.8 Å². The molecule has 2 aromatic carbocycles. The van der Waals surface area contributed by atoms with Crippen LogP contribution < -0.4 is 0 Å². The molecule has 0 aliphatic rings. The maximum atomic E-state index is 11.1. The van der Waals surface area contributed by atoms with Crippen LogP contribution in [-0.4, -0.2) is 10.7 Å². The lowest BCUT2D eigenvalue weighted by Crippen LogP contribution is -1.93. The number of nitrogens with zero attached hydrogens (tertiary/aromatic N) is 1. The van der Waals surface area contributed by atoms with E-state index >= 15 is 0 Å². The van der Waals surface area contributed by atoms with Crippen molar-refractivity contribution in [3.63, 3.8) is 0 Å². The Labute approximate surface area is 172 Å². The molecule has 0 aliphatic heterocycles. The first-order chi connectivity index (χ1) is 10.8. The Morgan fingerprint density at radius 3 is 2.17 bits per heavy atom. The highest BCUT2D eigenvalue weighted by molar-refractivity contribution is 9.11. The van der Waals surface area contributed by atoms with E-state index in [-0.39, 0.29) is 5.69 Å². The molecule has 0 radical (unpaired) electrons. The van der Waals surface area contributed by atoms with E-state index in [2.05, 4.69) is 70.6 Å². The monoisotopic (exact) mass is 585 g/mol. The minimum atomic E-state index is -0.401. The molecule has 0 amide bonds. The Morgan fingerprint density at radius 1 is 1.04 bits per heavy atom. The molecule has 0 aliphatic carbocycles. The largest absolute Gasteiger partial charge is 0.297 e. The molecule has 0 spiro atoms. The molecule has 2 rings (SSSR count). The quantitative estimate of drug-likeness (QED) is 0.203. The first-order valence-corrected chi connectivity index (χ1v) is 10.8. The third-order valence-corrected chi connectivity index (χ3v) is 6.86. The second-order valence-corrected chi connectivity index (χ2v) is 9.24. The molecule has 0 N–H and O–H groups in total. The molecule has 8 heteroatoms. The van der Waals surface area contributed by atoms with E-state index in [9.17, 15) is 10.1 Å². The number of hydrogen-bond acceptors (Lipinski definition) is 3. The van der Waals surface area contributed by atoms with Crippen molar-refractivity contribution < 1.29 is 4.92 Å². The van der Waals surface area contributed by atoms with Crippen LogP contribution in [0, 0.1) is 10.1 Å². The lowest BCUT2D eigenvalue weighted by atomic mass is 10.1. The number of nitro groups is 1. The van der Waals surface area contributed by atoms with Crippen LogP contribution in [0.4, 0.5) is 5.69 Å². The maximum absolute atomic E-state index is 11.1. The minimum absolute atomic E-state index is 0.0329. The van der Waals surface area contributed by atoms with Gasteiger partial charge in [-0.15, -0.1) is 11.8 Å². The molecular formula is C15H11Br4NO2S. The van der Waals surface area contributed by atoms with Gasteiger partial charge in [0.05, 0.1) is 13.9 Å². The van der Waals surface area contributed by atoms with E-state index in [0.717, 1.165) is 37.1 Å². The molecule has 3 nitrogen and oxygen atoms in total. The zero-order valence-corrected chi connectivity index (χ0v) is 19.1. The summed E-state index contributed by atoms with van der Waals surface area (Å²) in [4.78, 5) is 11.9. The smallest absolute Gasteiger partial charge is 0.258 e. The zero-order chi connectivity index (χ0) is 17.1. The summed E-state index contributed by atoms with van der Waals surface area (Å²) >= 11 is 15.5. The fourth-order valence-electron chi connectivity index (χ4n) is 2.02. The van der Waals surface area contributed by atoms with Crippen LogP contribution in [0.5, 0.6) is 0 Å². The number of halogens is 4. The summed E-state index contributed by atoms with van der Waals surface area (Å²) in [6, 6.07) is 7.61. The summed E-state index contributed by atoms with van der Waals surface area (Å²) in [5.41, 5.74) is 1.97. The molecule has 23 heavy (non-hydrogen) atoms. The topological polar surface area (TPSA) is 43.1 Å². The van der Waals surface area contributed by atoms with Crippen LogP contribution in [-0.2, 0) is 0 Å². The first-order valence-electron chi connectivity index (χ1n) is 6.60. The Morgan fingerprint density at radius 2 is 1.65 bits per heavy atom. The molecule has 0 atom stereocenters. The van der Waals surface area contributed by atoms with Gasteiger partial charge in [-0.1, -0.05) is 22.9 Å². The summed E-state index contributed by atoms with van der Waals surface area (Å²) in [6.07, 6.45) is 1.07. The highest BCUT2D eigenvalue weighted by atomic mass is 79.9. The van der Waals surface area contributed by atoms with E-state index in [1.807, 2.05) is 12.1 Å². The molecule has 0 fully saturated rings. The van der Waals surface area contributed by atoms with Crippen LogP contribution in [0.15, 0.2) is 47.1 Å². The van der Waals surface area contributed by atoms with Gasteiger partial charge >= 0.3 is 0 Å². The number of nitro benzene ring substituents is 1. The van der Waals surface area contributed by atoms with Crippen molar-refractivity contribution in [2.24, 2.45) is 0 Å². The summed E-state index contributed by atoms with van der Waals surface area (Å²) < 4.78 is 2.86. The Balaban J connectivity index is 2.64. The number of benzene rings is 2. The van der Waals surface area contributed by atoms with Crippen molar-refractivity contribution >= 4 is 81.2 Å². The van der Waals surface area contributed by atoms with Crippen molar-refractivity contribution in [3.05, 3.63) is 52.3 Å². The molecule has 122 valence electrons. The third-order valence-electron chi connectivity index (χ3n) is 2.97. The zero-order valence-electron chi connectivity index (χ0n) is 11.9. The van der Waals surface area contributed by atoms with Crippen molar-refractivity contribution in [2.75, 3.05) is 5.75 Å². The normalized spacial score (nSPS) is 10.8. The molecule has 0 heterocycles. The van der Waals surface area contributed by atoms with Gasteiger partial charge in [0.2, 0.25) is 0 Å². The van der Waals surface area contributed by atoms with E-state index in [1.54, 1.807) is 23.9 Å². The molecule has 0 unspecified atom stereocenters. The number of hydrogen-bond donors (Lipinski definition) is 0. The van der Waals surface area contributed by atoms with Gasteiger partial charge in [-0.3, -0.25) is 10.1 Å². The minimum Gasteiger partial charge on any atom is -0.258 e. The molecule has 0 bridgehead atoms. The van der Waals surface area contributed by atoms with Crippen LogP contribution >= 0.6 is 75.5 Å². The fourth-order valence-corrected chi connectivity index (χ4v) is 6.00. The molecule has 0 aromatic heterocycles. The Bertz CT molecular complexity index is 744. The second kappa shape index (κ2) is 8.47. The first kappa shape index (κ1) is 19.4. The predicted molar refractivity (Wildman–Crippen MR) is 110 cm³/mol.